The maximum Gasteiger partial charge on any atom is 0.414 e. The number of halogens is 5. The number of nitrogens with one attached hydrogen (secondary N) is 1. The van der Waals surface area contributed by atoms with Crippen molar-refractivity contribution in [2.75, 3.05) is 6.61 Å². The highest BCUT2D eigenvalue weighted by Gasteiger charge is 2.28. The number of hydrogen-bond donors (Lipinski definition) is 1. The summed E-state index contributed by atoms with van der Waals surface area (Å²) in [5, 5.41) is 9.94. The topological polar surface area (TPSA) is 81.5 Å². The van der Waals surface area contributed by atoms with Gasteiger partial charge in [0.15, 0.2) is 6.61 Å². The molecule has 1 aromatic carbocycles. The van der Waals surface area contributed by atoms with Crippen LogP contribution in [0.3, 0.4) is 0 Å². The van der Waals surface area contributed by atoms with E-state index in [2.05, 4.69) is 4.84 Å². The molecule has 0 atom stereocenters. The fraction of sp³-hybridized carbons (Fsp3) is 0.222. The van der Waals surface area contributed by atoms with E-state index in [4.69, 9.17) is 23.2 Å². The molecule has 1 rings (SSSR count). The van der Waals surface area contributed by atoms with Gasteiger partial charge in [0.05, 0.1) is 20.5 Å². The second-order valence-electron chi connectivity index (χ2n) is 3.38. The Morgan fingerprint density at radius 2 is 2.00 bits per heavy atom. The first-order valence-electron chi connectivity index (χ1n) is 4.74. The predicted octanol–water partition coefficient (Wildman–Crippen LogP) is 3.13. The van der Waals surface area contributed by atoms with Crippen molar-refractivity contribution in [1.82, 2.24) is 5.48 Å². The van der Waals surface area contributed by atoms with Crippen LogP contribution in [0.1, 0.15) is 10.4 Å². The Kier molecular flexibility index (Phi) is 5.15. The fourth-order valence-corrected chi connectivity index (χ4v) is 1.49. The van der Waals surface area contributed by atoms with Crippen molar-refractivity contribution >= 4 is 34.8 Å². The van der Waals surface area contributed by atoms with Crippen molar-refractivity contribution in [1.29, 1.82) is 0 Å². The first-order valence-corrected chi connectivity index (χ1v) is 5.49. The highest BCUT2D eigenvalue weighted by molar-refractivity contribution is 6.44. The summed E-state index contributed by atoms with van der Waals surface area (Å²) in [5.74, 6) is -1.19. The van der Waals surface area contributed by atoms with E-state index in [9.17, 15) is 28.1 Å². The lowest BCUT2D eigenvalue weighted by atomic mass is 10.2. The average molecular weight is 333 g/mol. The SMILES string of the molecule is O=C(NOCC(F)(F)F)c1cc([N+](=O)[O-])cc(Cl)c1Cl. The van der Waals surface area contributed by atoms with E-state index in [1.54, 1.807) is 0 Å². The molecule has 6 nitrogen and oxygen atoms in total. The van der Waals surface area contributed by atoms with Crippen LogP contribution in [-0.2, 0) is 4.84 Å². The largest absolute Gasteiger partial charge is 0.414 e. The van der Waals surface area contributed by atoms with Crippen molar-refractivity contribution < 1.29 is 27.7 Å². The van der Waals surface area contributed by atoms with Gasteiger partial charge in [0.1, 0.15) is 0 Å². The molecule has 1 aromatic rings. The van der Waals surface area contributed by atoms with E-state index in [1.807, 2.05) is 0 Å². The van der Waals surface area contributed by atoms with Crippen molar-refractivity contribution in [3.63, 3.8) is 0 Å². The normalized spacial score (nSPS) is 11.2. The number of hydroxylamine groups is 1. The van der Waals surface area contributed by atoms with Gasteiger partial charge in [-0.3, -0.25) is 19.7 Å². The molecule has 0 saturated carbocycles. The quantitative estimate of drug-likeness (QED) is 0.678. The number of benzene rings is 1. The Morgan fingerprint density at radius 1 is 1.40 bits per heavy atom. The van der Waals surface area contributed by atoms with Gasteiger partial charge in [-0.15, -0.1) is 0 Å². The molecule has 0 fully saturated rings. The molecule has 1 amide bonds. The summed E-state index contributed by atoms with van der Waals surface area (Å²) in [7, 11) is 0. The smallest absolute Gasteiger partial charge is 0.267 e. The van der Waals surface area contributed by atoms with Gasteiger partial charge in [0.25, 0.3) is 11.6 Å². The van der Waals surface area contributed by atoms with Crippen molar-refractivity contribution in [2.45, 2.75) is 6.18 Å². The zero-order valence-electron chi connectivity index (χ0n) is 9.33. The second kappa shape index (κ2) is 6.25. The molecule has 20 heavy (non-hydrogen) atoms. The third kappa shape index (κ3) is 4.51. The van der Waals surface area contributed by atoms with Crippen molar-refractivity contribution in [3.05, 3.63) is 37.9 Å². The lowest BCUT2D eigenvalue weighted by molar-refractivity contribution is -0.384. The molecule has 110 valence electrons. The molecule has 0 radical (unpaired) electrons. The minimum absolute atomic E-state index is 0.290. The Bertz CT molecular complexity index is 551. The number of nitro benzene ring substituents is 1. The fourth-order valence-electron chi connectivity index (χ4n) is 1.08. The van der Waals surface area contributed by atoms with Gasteiger partial charge in [-0.1, -0.05) is 23.2 Å². The highest BCUT2D eigenvalue weighted by Crippen LogP contribution is 2.30. The summed E-state index contributed by atoms with van der Waals surface area (Å²) in [6.45, 7) is -1.72. The van der Waals surface area contributed by atoms with Crippen LogP contribution >= 0.6 is 23.2 Å². The lowest BCUT2D eigenvalue weighted by Crippen LogP contribution is -2.29. The van der Waals surface area contributed by atoms with E-state index < -0.39 is 34.9 Å². The lowest BCUT2D eigenvalue weighted by Gasteiger charge is -2.09. The van der Waals surface area contributed by atoms with E-state index in [0.717, 1.165) is 12.1 Å². The van der Waals surface area contributed by atoms with Crippen LogP contribution in [0.15, 0.2) is 12.1 Å². The molecule has 11 heteroatoms. The van der Waals surface area contributed by atoms with E-state index in [-0.39, 0.29) is 10.0 Å². The summed E-state index contributed by atoms with van der Waals surface area (Å²) in [6, 6.07) is 1.66. The van der Waals surface area contributed by atoms with Crippen LogP contribution in [0.5, 0.6) is 0 Å². The van der Waals surface area contributed by atoms with Crippen molar-refractivity contribution in [2.24, 2.45) is 0 Å². The predicted molar refractivity (Wildman–Crippen MR) is 62.6 cm³/mol. The summed E-state index contributed by atoms with van der Waals surface area (Å²) in [6.07, 6.45) is -4.64. The number of nitrogens with zero attached hydrogens (tertiary/aromatic N) is 1. The molecule has 1 N–H and O–H groups in total. The monoisotopic (exact) mass is 332 g/mol. The third-order valence-corrected chi connectivity index (χ3v) is 2.67. The standard InChI is InChI=1S/C9H5Cl2F3N2O4/c10-6-2-4(16(18)19)1-5(7(6)11)8(17)15-20-3-9(12,13)14/h1-2H,3H2,(H,15,17). The molecule has 0 heterocycles. The van der Waals surface area contributed by atoms with Crippen molar-refractivity contribution in [3.8, 4) is 0 Å². The molecule has 0 aliphatic carbocycles. The van der Waals surface area contributed by atoms with Gasteiger partial charge >= 0.3 is 6.18 Å². The summed E-state index contributed by atoms with van der Waals surface area (Å²) < 4.78 is 35.4. The van der Waals surface area contributed by atoms with Gasteiger partial charge in [0.2, 0.25) is 0 Å². The molecule has 0 unspecified atom stereocenters. The highest BCUT2D eigenvalue weighted by atomic mass is 35.5. The Balaban J connectivity index is 2.90. The number of amides is 1. The molecular weight excluding hydrogens is 328 g/mol. The van der Waals surface area contributed by atoms with Gasteiger partial charge in [0, 0.05) is 12.1 Å². The van der Waals surface area contributed by atoms with Crippen LogP contribution in [-0.4, -0.2) is 23.6 Å². The summed E-state index contributed by atoms with van der Waals surface area (Å²) in [4.78, 5) is 25.2. The maximum atomic E-state index is 11.8. The van der Waals surface area contributed by atoms with Gasteiger partial charge in [-0.2, -0.15) is 13.2 Å². The molecule has 0 aromatic heterocycles. The number of non-ortho nitro benzene ring substituents is 1. The second-order valence-corrected chi connectivity index (χ2v) is 4.17. The zero-order chi connectivity index (χ0) is 15.5. The number of hydrogen-bond acceptors (Lipinski definition) is 4. The molecule has 0 aliphatic heterocycles. The molecule has 0 saturated heterocycles. The van der Waals surface area contributed by atoms with Gasteiger partial charge in [-0.05, 0) is 0 Å². The number of nitro groups is 1. The number of carbonyl (C=O) groups is 1. The summed E-state index contributed by atoms with van der Waals surface area (Å²) >= 11 is 11.2. The molecular formula is C9H5Cl2F3N2O4. The minimum Gasteiger partial charge on any atom is -0.267 e. The number of alkyl halides is 3. The minimum atomic E-state index is -4.64. The third-order valence-electron chi connectivity index (χ3n) is 1.87. The zero-order valence-corrected chi connectivity index (χ0v) is 10.8. The number of rotatable bonds is 4. The summed E-state index contributed by atoms with van der Waals surface area (Å²) in [5.41, 5.74) is 0.445. The Hall–Kier alpha value is -1.58. The maximum absolute atomic E-state index is 11.8. The molecule has 0 spiro atoms. The van der Waals surface area contributed by atoms with Crippen LogP contribution < -0.4 is 5.48 Å². The van der Waals surface area contributed by atoms with E-state index >= 15 is 0 Å². The van der Waals surface area contributed by atoms with Gasteiger partial charge in [-0.25, -0.2) is 5.48 Å². The molecule has 0 bridgehead atoms. The average Bonchev–Trinajstić information content (AvgIpc) is 2.30. The van der Waals surface area contributed by atoms with Crippen LogP contribution in [0.25, 0.3) is 0 Å². The first-order chi connectivity index (χ1) is 9.11. The first kappa shape index (κ1) is 16.5. The Morgan fingerprint density at radius 3 is 2.50 bits per heavy atom. The Labute approximate surface area is 119 Å². The van der Waals surface area contributed by atoms with Gasteiger partial charge < -0.3 is 0 Å². The van der Waals surface area contributed by atoms with E-state index in [1.165, 1.54) is 5.48 Å². The van der Waals surface area contributed by atoms with Crippen LogP contribution in [0.2, 0.25) is 10.0 Å². The number of carbonyl (C=O) groups excluding carboxylic acids is 1. The molecule has 0 aliphatic rings. The van der Waals surface area contributed by atoms with Crippen LogP contribution in [0.4, 0.5) is 18.9 Å². The van der Waals surface area contributed by atoms with Crippen LogP contribution in [0, 0.1) is 10.1 Å². The van der Waals surface area contributed by atoms with E-state index in [0.29, 0.717) is 0 Å².